The zero-order valence-electron chi connectivity index (χ0n) is 9.47. The molecule has 0 fully saturated rings. The van der Waals surface area contributed by atoms with Crippen molar-refractivity contribution in [3.05, 3.63) is 23.5 Å². The van der Waals surface area contributed by atoms with Gasteiger partial charge in [0.15, 0.2) is 5.82 Å². The summed E-state index contributed by atoms with van der Waals surface area (Å²) < 4.78 is 1.83. The second-order valence-corrected chi connectivity index (χ2v) is 3.52. The van der Waals surface area contributed by atoms with Gasteiger partial charge in [-0.15, -0.1) is 15.3 Å². The summed E-state index contributed by atoms with van der Waals surface area (Å²) in [6, 6.07) is 0. The minimum atomic E-state index is 0.506. The molecular formula is C9H13N7. The highest BCUT2D eigenvalue weighted by molar-refractivity contribution is 5.24. The predicted molar refractivity (Wildman–Crippen MR) is 57.6 cm³/mol. The number of nitrogens with one attached hydrogen (secondary N) is 1. The Bertz CT molecular complexity index is 490. The van der Waals surface area contributed by atoms with Crippen molar-refractivity contribution in [2.45, 2.75) is 20.4 Å². The van der Waals surface area contributed by atoms with E-state index < -0.39 is 0 Å². The standard InChI is InChI=1S/C9H13N7/c1-6-7(2)13-15-9(12-6)10-4-8-14-11-5-16(8)3/h5H,4H2,1-3H3,(H,10,12,15). The van der Waals surface area contributed by atoms with Crippen LogP contribution < -0.4 is 5.32 Å². The Hall–Kier alpha value is -2.05. The van der Waals surface area contributed by atoms with Crippen molar-refractivity contribution in [1.82, 2.24) is 29.9 Å². The van der Waals surface area contributed by atoms with Gasteiger partial charge in [0, 0.05) is 7.05 Å². The fourth-order valence-corrected chi connectivity index (χ4v) is 1.16. The SMILES string of the molecule is Cc1nnc(NCc2nncn2C)nc1C. The fraction of sp³-hybridized carbons (Fsp3) is 0.444. The molecule has 7 nitrogen and oxygen atoms in total. The Morgan fingerprint density at radius 2 is 2.00 bits per heavy atom. The van der Waals surface area contributed by atoms with E-state index in [0.717, 1.165) is 17.2 Å². The lowest BCUT2D eigenvalue weighted by Gasteiger charge is -2.04. The van der Waals surface area contributed by atoms with Gasteiger partial charge in [-0.3, -0.25) is 0 Å². The monoisotopic (exact) mass is 219 g/mol. The van der Waals surface area contributed by atoms with E-state index in [1.807, 2.05) is 25.5 Å². The van der Waals surface area contributed by atoms with Gasteiger partial charge in [0.25, 0.3) is 0 Å². The van der Waals surface area contributed by atoms with Gasteiger partial charge < -0.3 is 9.88 Å². The van der Waals surface area contributed by atoms with Gasteiger partial charge in [-0.05, 0) is 13.8 Å². The van der Waals surface area contributed by atoms with Crippen LogP contribution >= 0.6 is 0 Å². The van der Waals surface area contributed by atoms with Crippen molar-refractivity contribution in [2.75, 3.05) is 5.32 Å². The fourth-order valence-electron chi connectivity index (χ4n) is 1.16. The summed E-state index contributed by atoms with van der Waals surface area (Å²) in [5.41, 5.74) is 1.71. The van der Waals surface area contributed by atoms with E-state index in [2.05, 4.69) is 30.7 Å². The molecule has 84 valence electrons. The summed E-state index contributed by atoms with van der Waals surface area (Å²) in [6.45, 7) is 4.31. The van der Waals surface area contributed by atoms with Crippen LogP contribution in [0.25, 0.3) is 0 Å². The number of hydrogen-bond acceptors (Lipinski definition) is 6. The molecule has 0 unspecified atom stereocenters. The summed E-state index contributed by atoms with van der Waals surface area (Å²) >= 11 is 0. The Morgan fingerprint density at radius 1 is 1.19 bits per heavy atom. The lowest BCUT2D eigenvalue weighted by atomic mass is 10.4. The molecule has 0 aliphatic carbocycles. The number of aryl methyl sites for hydroxylation is 3. The van der Waals surface area contributed by atoms with E-state index in [9.17, 15) is 0 Å². The second-order valence-electron chi connectivity index (χ2n) is 3.52. The quantitative estimate of drug-likeness (QED) is 0.795. The molecule has 2 aromatic rings. The van der Waals surface area contributed by atoms with Gasteiger partial charge in [0.1, 0.15) is 6.33 Å². The van der Waals surface area contributed by atoms with E-state index in [1.165, 1.54) is 0 Å². The van der Waals surface area contributed by atoms with Gasteiger partial charge in [-0.1, -0.05) is 0 Å². The molecule has 2 aromatic heterocycles. The van der Waals surface area contributed by atoms with Gasteiger partial charge in [0.2, 0.25) is 5.95 Å². The number of rotatable bonds is 3. The Morgan fingerprint density at radius 3 is 2.62 bits per heavy atom. The summed E-state index contributed by atoms with van der Waals surface area (Å²) in [5, 5.41) is 18.7. The van der Waals surface area contributed by atoms with Crippen molar-refractivity contribution in [3.8, 4) is 0 Å². The van der Waals surface area contributed by atoms with Crippen LogP contribution in [0.4, 0.5) is 5.95 Å². The van der Waals surface area contributed by atoms with E-state index in [-0.39, 0.29) is 0 Å². The summed E-state index contributed by atoms with van der Waals surface area (Å²) in [5.74, 6) is 1.33. The topological polar surface area (TPSA) is 81.4 Å². The third kappa shape index (κ3) is 2.13. The van der Waals surface area contributed by atoms with Crippen LogP contribution in [0.1, 0.15) is 17.2 Å². The second kappa shape index (κ2) is 4.21. The van der Waals surface area contributed by atoms with Crippen molar-refractivity contribution >= 4 is 5.95 Å². The van der Waals surface area contributed by atoms with Crippen LogP contribution in [-0.2, 0) is 13.6 Å². The summed E-state index contributed by atoms with van der Waals surface area (Å²) in [7, 11) is 1.89. The summed E-state index contributed by atoms with van der Waals surface area (Å²) in [6.07, 6.45) is 1.65. The highest BCUT2D eigenvalue weighted by Gasteiger charge is 2.03. The van der Waals surface area contributed by atoms with Crippen LogP contribution in [0.15, 0.2) is 6.33 Å². The molecule has 0 aliphatic heterocycles. The molecule has 0 aromatic carbocycles. The first-order valence-electron chi connectivity index (χ1n) is 4.91. The van der Waals surface area contributed by atoms with Crippen molar-refractivity contribution in [1.29, 1.82) is 0 Å². The lowest BCUT2D eigenvalue weighted by Crippen LogP contribution is -2.10. The van der Waals surface area contributed by atoms with Crippen LogP contribution in [0.3, 0.4) is 0 Å². The average molecular weight is 219 g/mol. The zero-order chi connectivity index (χ0) is 11.5. The maximum absolute atomic E-state index is 4.26. The summed E-state index contributed by atoms with van der Waals surface area (Å²) in [4.78, 5) is 4.26. The Labute approximate surface area is 93.0 Å². The molecule has 7 heteroatoms. The Kier molecular flexibility index (Phi) is 2.76. The highest BCUT2D eigenvalue weighted by atomic mass is 15.3. The number of hydrogen-bond donors (Lipinski definition) is 1. The molecule has 0 bridgehead atoms. The average Bonchev–Trinajstić information content (AvgIpc) is 2.66. The van der Waals surface area contributed by atoms with Gasteiger partial charge in [0.05, 0.1) is 17.9 Å². The van der Waals surface area contributed by atoms with Crippen LogP contribution in [0.2, 0.25) is 0 Å². The third-order valence-electron chi connectivity index (χ3n) is 2.30. The van der Waals surface area contributed by atoms with Crippen LogP contribution in [-0.4, -0.2) is 29.9 Å². The molecule has 2 rings (SSSR count). The minimum Gasteiger partial charge on any atom is -0.346 e. The minimum absolute atomic E-state index is 0.506. The number of anilines is 1. The first-order valence-corrected chi connectivity index (χ1v) is 4.91. The Balaban J connectivity index is 2.05. The van der Waals surface area contributed by atoms with Gasteiger partial charge >= 0.3 is 0 Å². The highest BCUT2D eigenvalue weighted by Crippen LogP contribution is 2.03. The van der Waals surface area contributed by atoms with E-state index >= 15 is 0 Å². The van der Waals surface area contributed by atoms with Crippen LogP contribution in [0, 0.1) is 13.8 Å². The first kappa shape index (κ1) is 10.5. The maximum atomic E-state index is 4.26. The first-order chi connectivity index (χ1) is 7.66. The number of nitrogens with zero attached hydrogens (tertiary/aromatic N) is 6. The van der Waals surface area contributed by atoms with Crippen LogP contribution in [0.5, 0.6) is 0 Å². The molecule has 0 saturated heterocycles. The molecule has 16 heavy (non-hydrogen) atoms. The lowest BCUT2D eigenvalue weighted by molar-refractivity contribution is 0.798. The molecule has 2 heterocycles. The molecule has 0 saturated carbocycles. The molecule has 0 amide bonds. The number of aromatic nitrogens is 6. The molecule has 0 radical (unpaired) electrons. The molecule has 0 spiro atoms. The smallest absolute Gasteiger partial charge is 0.243 e. The zero-order valence-corrected chi connectivity index (χ0v) is 9.47. The maximum Gasteiger partial charge on any atom is 0.243 e. The van der Waals surface area contributed by atoms with E-state index in [1.54, 1.807) is 6.33 Å². The predicted octanol–water partition coefficient (Wildman–Crippen LogP) is 0.229. The van der Waals surface area contributed by atoms with Crippen molar-refractivity contribution in [2.24, 2.45) is 7.05 Å². The van der Waals surface area contributed by atoms with Gasteiger partial charge in [-0.25, -0.2) is 4.98 Å². The van der Waals surface area contributed by atoms with E-state index in [0.29, 0.717) is 12.5 Å². The van der Waals surface area contributed by atoms with Crippen molar-refractivity contribution in [3.63, 3.8) is 0 Å². The molecular weight excluding hydrogens is 206 g/mol. The normalized spacial score (nSPS) is 10.4. The molecule has 0 atom stereocenters. The third-order valence-corrected chi connectivity index (χ3v) is 2.30. The van der Waals surface area contributed by atoms with Crippen molar-refractivity contribution < 1.29 is 0 Å². The molecule has 1 N–H and O–H groups in total. The molecule has 0 aliphatic rings. The largest absolute Gasteiger partial charge is 0.346 e. The van der Waals surface area contributed by atoms with E-state index in [4.69, 9.17) is 0 Å². The van der Waals surface area contributed by atoms with Gasteiger partial charge in [-0.2, -0.15) is 5.10 Å².